The Hall–Kier alpha value is -4.81. The summed E-state index contributed by atoms with van der Waals surface area (Å²) in [5.74, 6) is 2.02. The molecule has 204 valence electrons. The van der Waals surface area contributed by atoms with Crippen LogP contribution >= 0.6 is 0 Å². The van der Waals surface area contributed by atoms with E-state index in [-0.39, 0.29) is 16.9 Å². The number of rotatable bonds is 7. The predicted octanol–water partition coefficient (Wildman–Crippen LogP) is 3.64. The van der Waals surface area contributed by atoms with E-state index >= 15 is 0 Å². The molecule has 0 bridgehead atoms. The summed E-state index contributed by atoms with van der Waals surface area (Å²) in [5.41, 5.74) is 5.36. The number of hydrogen-bond donors (Lipinski definition) is 1. The summed E-state index contributed by atoms with van der Waals surface area (Å²) in [5, 5.41) is 11.3. The fourth-order valence-electron chi connectivity index (χ4n) is 4.97. The van der Waals surface area contributed by atoms with E-state index in [2.05, 4.69) is 47.3 Å². The smallest absolute Gasteiger partial charge is 0.268 e. The van der Waals surface area contributed by atoms with Crippen LogP contribution in [0.1, 0.15) is 17.3 Å². The SMILES string of the molecule is CS(=O)(=O)c1nc2nc(-c3ccc(CN4CC(c5n[nH]c(-c6ccccn6)n5)C4)cc3)c(-c3ccccc3)cn2n1. The van der Waals surface area contributed by atoms with Gasteiger partial charge in [0.15, 0.2) is 11.6 Å². The van der Waals surface area contributed by atoms with E-state index in [1.807, 2.05) is 60.7 Å². The third-order valence-electron chi connectivity index (χ3n) is 7.09. The normalized spacial score (nSPS) is 14.4. The van der Waals surface area contributed by atoms with Crippen molar-refractivity contribution in [1.29, 1.82) is 0 Å². The van der Waals surface area contributed by atoms with Gasteiger partial charge >= 0.3 is 0 Å². The van der Waals surface area contributed by atoms with Gasteiger partial charge < -0.3 is 0 Å². The summed E-state index contributed by atoms with van der Waals surface area (Å²) >= 11 is 0. The average molecular weight is 564 g/mol. The Morgan fingerprint density at radius 3 is 2.41 bits per heavy atom. The van der Waals surface area contributed by atoms with Crippen LogP contribution in [0.4, 0.5) is 0 Å². The van der Waals surface area contributed by atoms with Crippen molar-refractivity contribution in [1.82, 2.24) is 44.6 Å². The fourth-order valence-corrected chi connectivity index (χ4v) is 5.46. The van der Waals surface area contributed by atoms with Crippen LogP contribution < -0.4 is 0 Å². The largest absolute Gasteiger partial charge is 0.298 e. The molecule has 0 spiro atoms. The van der Waals surface area contributed by atoms with Gasteiger partial charge in [-0.3, -0.25) is 15.0 Å². The van der Waals surface area contributed by atoms with Crippen molar-refractivity contribution in [3.8, 4) is 33.9 Å². The first-order valence-corrected chi connectivity index (χ1v) is 15.0. The number of H-pyrrole nitrogens is 1. The van der Waals surface area contributed by atoms with Crippen molar-refractivity contribution >= 4 is 15.6 Å². The van der Waals surface area contributed by atoms with E-state index in [0.29, 0.717) is 11.5 Å². The first-order valence-electron chi connectivity index (χ1n) is 13.1. The Balaban J connectivity index is 1.10. The average Bonchev–Trinajstić information content (AvgIpc) is 3.63. The van der Waals surface area contributed by atoms with Crippen molar-refractivity contribution in [3.63, 3.8) is 0 Å². The molecular formula is C29H25N9O2S. The van der Waals surface area contributed by atoms with Gasteiger partial charge in [-0.2, -0.15) is 10.1 Å². The first-order chi connectivity index (χ1) is 19.9. The molecule has 0 saturated carbocycles. The molecule has 7 rings (SSSR count). The fraction of sp³-hybridized carbons (Fsp3) is 0.172. The lowest BCUT2D eigenvalue weighted by atomic mass is 9.97. The summed E-state index contributed by atoms with van der Waals surface area (Å²) in [6, 6.07) is 23.8. The number of fused-ring (bicyclic) bond motifs is 1. The molecule has 0 aliphatic carbocycles. The minimum atomic E-state index is -3.57. The highest BCUT2D eigenvalue weighted by Crippen LogP contribution is 2.32. The van der Waals surface area contributed by atoms with Crippen molar-refractivity contribution in [2.75, 3.05) is 19.3 Å². The maximum absolute atomic E-state index is 12.0. The maximum atomic E-state index is 12.0. The molecule has 11 nitrogen and oxygen atoms in total. The third kappa shape index (κ3) is 4.98. The Kier molecular flexibility index (Phi) is 6.13. The van der Waals surface area contributed by atoms with Gasteiger partial charge in [0, 0.05) is 55.3 Å². The molecule has 0 unspecified atom stereocenters. The minimum absolute atomic E-state index is 0.231. The second-order valence-electron chi connectivity index (χ2n) is 10.1. The Labute approximate surface area is 235 Å². The number of aromatic amines is 1. The summed E-state index contributed by atoms with van der Waals surface area (Å²) < 4.78 is 25.5. The molecule has 1 saturated heterocycles. The van der Waals surface area contributed by atoms with E-state index in [1.54, 1.807) is 12.4 Å². The van der Waals surface area contributed by atoms with Gasteiger partial charge in [-0.25, -0.2) is 22.9 Å². The second kappa shape index (κ2) is 9.98. The number of pyridine rings is 1. The van der Waals surface area contributed by atoms with Crippen LogP contribution in [-0.2, 0) is 16.4 Å². The molecule has 2 aromatic carbocycles. The zero-order chi connectivity index (χ0) is 28.0. The molecule has 1 N–H and O–H groups in total. The van der Waals surface area contributed by atoms with Gasteiger partial charge in [0.2, 0.25) is 9.84 Å². The lowest BCUT2D eigenvalue weighted by Crippen LogP contribution is -2.44. The molecule has 41 heavy (non-hydrogen) atoms. The van der Waals surface area contributed by atoms with Gasteiger partial charge in [0.1, 0.15) is 5.69 Å². The number of benzene rings is 2. The van der Waals surface area contributed by atoms with E-state index in [9.17, 15) is 8.42 Å². The summed E-state index contributed by atoms with van der Waals surface area (Å²) in [7, 11) is -3.57. The van der Waals surface area contributed by atoms with E-state index in [4.69, 9.17) is 4.98 Å². The number of likely N-dealkylation sites (tertiary alicyclic amines) is 1. The van der Waals surface area contributed by atoms with Gasteiger partial charge in [-0.05, 0) is 23.3 Å². The topological polar surface area (TPSA) is 135 Å². The van der Waals surface area contributed by atoms with E-state index in [1.165, 1.54) is 10.1 Å². The quantitative estimate of drug-likeness (QED) is 0.309. The molecule has 1 aliphatic heterocycles. The predicted molar refractivity (Wildman–Crippen MR) is 152 cm³/mol. The van der Waals surface area contributed by atoms with Crippen molar-refractivity contribution in [2.24, 2.45) is 0 Å². The van der Waals surface area contributed by atoms with E-state index < -0.39 is 9.84 Å². The number of hydrogen-bond acceptors (Lipinski definition) is 9. The zero-order valence-electron chi connectivity index (χ0n) is 22.1. The second-order valence-corrected chi connectivity index (χ2v) is 12.0. The van der Waals surface area contributed by atoms with Gasteiger partial charge in [-0.15, -0.1) is 5.10 Å². The lowest BCUT2D eigenvalue weighted by molar-refractivity contribution is 0.135. The van der Waals surface area contributed by atoms with Crippen LogP contribution in [-0.4, -0.2) is 72.4 Å². The number of nitrogens with one attached hydrogen (secondary N) is 1. The van der Waals surface area contributed by atoms with Crippen molar-refractivity contribution in [3.05, 3.63) is 96.6 Å². The van der Waals surface area contributed by atoms with E-state index in [0.717, 1.165) is 54.1 Å². The molecule has 5 heterocycles. The Morgan fingerprint density at radius 2 is 1.68 bits per heavy atom. The molecule has 6 aromatic rings. The highest BCUT2D eigenvalue weighted by molar-refractivity contribution is 7.90. The van der Waals surface area contributed by atoms with Crippen LogP contribution in [0, 0.1) is 0 Å². The molecule has 0 amide bonds. The first kappa shape index (κ1) is 25.2. The van der Waals surface area contributed by atoms with Crippen LogP contribution in [0.25, 0.3) is 39.7 Å². The van der Waals surface area contributed by atoms with Crippen LogP contribution in [0.3, 0.4) is 0 Å². The highest BCUT2D eigenvalue weighted by atomic mass is 32.2. The highest BCUT2D eigenvalue weighted by Gasteiger charge is 2.31. The Morgan fingerprint density at radius 1 is 0.902 bits per heavy atom. The standard InChI is InChI=1S/C29H25N9O2S/c1-41(39,40)29-33-28-31-25(23(18-38(28)36-29)20-7-3-2-4-8-20)21-12-10-19(11-13-21)15-37-16-22(17-37)26-32-27(35-34-26)24-9-5-6-14-30-24/h2-14,18,22H,15-17H2,1H3,(H,32,34,35). The number of nitrogens with zero attached hydrogens (tertiary/aromatic N) is 8. The molecule has 1 aliphatic rings. The van der Waals surface area contributed by atoms with Crippen LogP contribution in [0.5, 0.6) is 0 Å². The maximum Gasteiger partial charge on any atom is 0.268 e. The minimum Gasteiger partial charge on any atom is -0.298 e. The van der Waals surface area contributed by atoms with Gasteiger partial charge in [-0.1, -0.05) is 60.7 Å². The van der Waals surface area contributed by atoms with Crippen molar-refractivity contribution in [2.45, 2.75) is 17.6 Å². The molecule has 0 radical (unpaired) electrons. The molecule has 12 heteroatoms. The Bertz CT molecular complexity index is 1950. The monoisotopic (exact) mass is 563 g/mol. The summed E-state index contributed by atoms with van der Waals surface area (Å²) in [6.45, 7) is 2.58. The summed E-state index contributed by atoms with van der Waals surface area (Å²) in [4.78, 5) is 20.2. The molecular weight excluding hydrogens is 538 g/mol. The zero-order valence-corrected chi connectivity index (χ0v) is 22.9. The van der Waals surface area contributed by atoms with Crippen LogP contribution in [0.15, 0.2) is 90.3 Å². The van der Waals surface area contributed by atoms with Gasteiger partial charge in [0.25, 0.3) is 10.9 Å². The number of sulfone groups is 1. The molecule has 4 aromatic heterocycles. The third-order valence-corrected chi connectivity index (χ3v) is 7.93. The van der Waals surface area contributed by atoms with Gasteiger partial charge in [0.05, 0.1) is 5.69 Å². The lowest BCUT2D eigenvalue weighted by Gasteiger charge is -2.37. The number of aromatic nitrogens is 8. The van der Waals surface area contributed by atoms with Crippen molar-refractivity contribution < 1.29 is 8.42 Å². The molecule has 0 atom stereocenters. The summed E-state index contributed by atoms with van der Waals surface area (Å²) in [6.07, 6.45) is 4.62. The van der Waals surface area contributed by atoms with Crippen LogP contribution in [0.2, 0.25) is 0 Å². The molecule has 1 fully saturated rings.